The Morgan fingerprint density at radius 3 is 2.81 bits per heavy atom. The van der Waals surface area contributed by atoms with Crippen molar-refractivity contribution < 1.29 is 14.3 Å². The van der Waals surface area contributed by atoms with Gasteiger partial charge in [0.15, 0.2) is 12.1 Å². The topological polar surface area (TPSA) is 35.5 Å². The number of Topliss-reactive ketones (excluding diaryl/α,β-unsaturated/α-hetero) is 1. The van der Waals surface area contributed by atoms with E-state index in [1.54, 1.807) is 0 Å². The highest BCUT2D eigenvalue weighted by molar-refractivity contribution is 5.97. The van der Waals surface area contributed by atoms with Crippen molar-refractivity contribution in [1.29, 1.82) is 0 Å². The molecule has 0 radical (unpaired) electrons. The van der Waals surface area contributed by atoms with Crippen LogP contribution < -0.4 is 0 Å². The average Bonchev–Trinajstić information content (AvgIpc) is 2.50. The third-order valence-corrected chi connectivity index (χ3v) is 5.67. The first kappa shape index (κ1) is 15.2. The molecule has 1 heterocycles. The second-order valence-electron chi connectivity index (χ2n) is 6.96. The summed E-state index contributed by atoms with van der Waals surface area (Å²) in [5.74, 6) is 0.375. The number of ketones is 1. The van der Waals surface area contributed by atoms with Crippen LogP contribution in [0.25, 0.3) is 0 Å². The Balaban J connectivity index is 1.82. The molecule has 2 fully saturated rings. The summed E-state index contributed by atoms with van der Waals surface area (Å²) in [7, 11) is 0. The second kappa shape index (κ2) is 6.21. The van der Waals surface area contributed by atoms with Gasteiger partial charge in [-0.3, -0.25) is 4.79 Å². The van der Waals surface area contributed by atoms with E-state index in [1.165, 1.54) is 12.0 Å². The maximum Gasteiger partial charge on any atom is 0.158 e. The molecule has 1 unspecified atom stereocenters. The van der Waals surface area contributed by atoms with E-state index in [4.69, 9.17) is 9.47 Å². The molecule has 1 saturated heterocycles. The van der Waals surface area contributed by atoms with Crippen LogP contribution in [-0.4, -0.2) is 24.8 Å². The zero-order valence-electron chi connectivity index (χ0n) is 13.5. The fourth-order valence-corrected chi connectivity index (χ4v) is 4.39. The Kier molecular flexibility index (Phi) is 4.51. The van der Waals surface area contributed by atoms with Crippen LogP contribution in [0.1, 0.15) is 71.6 Å². The fourth-order valence-electron chi connectivity index (χ4n) is 4.39. The number of ether oxygens (including phenoxy) is 2. The summed E-state index contributed by atoms with van der Waals surface area (Å²) >= 11 is 0. The van der Waals surface area contributed by atoms with Crippen molar-refractivity contribution in [2.75, 3.05) is 6.61 Å². The predicted octanol–water partition coefficient (Wildman–Crippen LogP) is 4.16. The lowest BCUT2D eigenvalue weighted by Crippen LogP contribution is -2.45. The van der Waals surface area contributed by atoms with Gasteiger partial charge in [0.05, 0.1) is 6.10 Å². The minimum atomic E-state index is -0.0253. The van der Waals surface area contributed by atoms with Gasteiger partial charge < -0.3 is 9.47 Å². The first-order valence-corrected chi connectivity index (χ1v) is 8.68. The smallest absolute Gasteiger partial charge is 0.158 e. The van der Waals surface area contributed by atoms with Crippen LogP contribution >= 0.6 is 0 Å². The van der Waals surface area contributed by atoms with E-state index in [1.807, 2.05) is 0 Å². The van der Waals surface area contributed by atoms with Crippen molar-refractivity contribution in [3.05, 3.63) is 11.1 Å². The first-order chi connectivity index (χ1) is 10.1. The van der Waals surface area contributed by atoms with Gasteiger partial charge in [-0.25, -0.2) is 0 Å². The molecule has 118 valence electrons. The molecule has 0 aromatic heterocycles. The molecular formula is C18H28O3. The van der Waals surface area contributed by atoms with Crippen molar-refractivity contribution in [3.8, 4) is 0 Å². The molecule has 0 aromatic carbocycles. The number of carbonyl (C=O) groups excluding carboxylic acids is 1. The van der Waals surface area contributed by atoms with Crippen LogP contribution in [0.3, 0.4) is 0 Å². The number of rotatable bonds is 3. The lowest BCUT2D eigenvalue weighted by atomic mass is 9.61. The molecular weight excluding hydrogens is 264 g/mol. The van der Waals surface area contributed by atoms with Crippen molar-refractivity contribution in [1.82, 2.24) is 0 Å². The summed E-state index contributed by atoms with van der Waals surface area (Å²) < 4.78 is 12.1. The largest absolute Gasteiger partial charge is 0.353 e. The van der Waals surface area contributed by atoms with Gasteiger partial charge in [0.2, 0.25) is 0 Å². The van der Waals surface area contributed by atoms with Gasteiger partial charge in [0, 0.05) is 18.4 Å². The molecule has 3 aliphatic rings. The normalized spacial score (nSPS) is 37.5. The molecule has 2 aliphatic carbocycles. The summed E-state index contributed by atoms with van der Waals surface area (Å²) in [5.41, 5.74) is 2.55. The van der Waals surface area contributed by atoms with Crippen LogP contribution in [0.4, 0.5) is 0 Å². The third-order valence-electron chi connectivity index (χ3n) is 5.67. The number of carbonyl (C=O) groups is 1. The molecule has 1 saturated carbocycles. The van der Waals surface area contributed by atoms with Crippen LogP contribution in [0.15, 0.2) is 11.1 Å². The van der Waals surface area contributed by atoms with E-state index in [2.05, 4.69) is 13.8 Å². The van der Waals surface area contributed by atoms with Crippen molar-refractivity contribution >= 4 is 5.78 Å². The maximum atomic E-state index is 12.2. The minimum Gasteiger partial charge on any atom is -0.353 e. The van der Waals surface area contributed by atoms with Gasteiger partial charge in [-0.05, 0) is 56.9 Å². The van der Waals surface area contributed by atoms with E-state index < -0.39 is 0 Å². The van der Waals surface area contributed by atoms with Crippen LogP contribution in [-0.2, 0) is 14.3 Å². The molecule has 0 spiro atoms. The molecule has 0 bridgehead atoms. The molecule has 3 nitrogen and oxygen atoms in total. The Hall–Kier alpha value is -0.670. The molecule has 3 heteroatoms. The lowest BCUT2D eigenvalue weighted by molar-refractivity contribution is -0.212. The molecule has 3 atom stereocenters. The second-order valence-corrected chi connectivity index (χ2v) is 6.96. The summed E-state index contributed by atoms with van der Waals surface area (Å²) in [6, 6.07) is 0. The molecule has 1 aliphatic heterocycles. The first-order valence-electron chi connectivity index (χ1n) is 8.68. The standard InChI is InChI=1S/C18H28O3/c1-3-13-14-7-6-8-16(18(14,2)11-10-15(13)19)21-17-9-4-5-12-20-17/h16-17H,3-12H2,1-2H3/t16-,17?,18-/m0/s1. The van der Waals surface area contributed by atoms with Crippen molar-refractivity contribution in [3.63, 3.8) is 0 Å². The monoisotopic (exact) mass is 292 g/mol. The number of allylic oxidation sites excluding steroid dienone is 1. The summed E-state index contributed by atoms with van der Waals surface area (Å²) in [6.07, 6.45) is 9.40. The van der Waals surface area contributed by atoms with Crippen molar-refractivity contribution in [2.45, 2.75) is 84.0 Å². The molecule has 0 aromatic rings. The van der Waals surface area contributed by atoms with E-state index >= 15 is 0 Å². The molecule has 0 N–H and O–H groups in total. The highest BCUT2D eigenvalue weighted by atomic mass is 16.7. The number of fused-ring (bicyclic) bond motifs is 1. The Bertz CT molecular complexity index is 434. The van der Waals surface area contributed by atoms with E-state index in [0.29, 0.717) is 12.2 Å². The Labute approximate surface area is 128 Å². The fraction of sp³-hybridized carbons (Fsp3) is 0.833. The minimum absolute atomic E-state index is 0.0253. The quantitative estimate of drug-likeness (QED) is 0.783. The zero-order valence-corrected chi connectivity index (χ0v) is 13.5. The van der Waals surface area contributed by atoms with Gasteiger partial charge in [0.1, 0.15) is 0 Å². The Morgan fingerprint density at radius 2 is 2.10 bits per heavy atom. The Morgan fingerprint density at radius 1 is 1.24 bits per heavy atom. The lowest BCUT2D eigenvalue weighted by Gasteiger charge is -2.47. The number of hydrogen-bond acceptors (Lipinski definition) is 3. The maximum absolute atomic E-state index is 12.2. The summed E-state index contributed by atoms with van der Waals surface area (Å²) in [5, 5.41) is 0. The van der Waals surface area contributed by atoms with Crippen molar-refractivity contribution in [2.24, 2.45) is 5.41 Å². The molecule has 3 rings (SSSR count). The van der Waals surface area contributed by atoms with Crippen LogP contribution in [0, 0.1) is 5.41 Å². The average molecular weight is 292 g/mol. The van der Waals surface area contributed by atoms with Crippen LogP contribution in [0.2, 0.25) is 0 Å². The van der Waals surface area contributed by atoms with E-state index in [9.17, 15) is 4.79 Å². The predicted molar refractivity (Wildman–Crippen MR) is 82.0 cm³/mol. The van der Waals surface area contributed by atoms with Gasteiger partial charge in [-0.2, -0.15) is 0 Å². The van der Waals surface area contributed by atoms with E-state index in [-0.39, 0.29) is 17.8 Å². The molecule has 0 amide bonds. The zero-order chi connectivity index (χ0) is 14.9. The van der Waals surface area contributed by atoms with Gasteiger partial charge in [-0.1, -0.05) is 19.4 Å². The van der Waals surface area contributed by atoms with E-state index in [0.717, 1.165) is 57.1 Å². The summed E-state index contributed by atoms with van der Waals surface area (Å²) in [4.78, 5) is 12.2. The van der Waals surface area contributed by atoms with Crippen LogP contribution in [0.5, 0.6) is 0 Å². The van der Waals surface area contributed by atoms with Gasteiger partial charge >= 0.3 is 0 Å². The number of hydrogen-bond donors (Lipinski definition) is 0. The summed E-state index contributed by atoms with van der Waals surface area (Å²) in [6.45, 7) is 5.26. The highest BCUT2D eigenvalue weighted by Gasteiger charge is 2.46. The van der Waals surface area contributed by atoms with Gasteiger partial charge in [-0.15, -0.1) is 0 Å². The third kappa shape index (κ3) is 2.83. The van der Waals surface area contributed by atoms with Gasteiger partial charge in [0.25, 0.3) is 0 Å². The highest BCUT2D eigenvalue weighted by Crippen LogP contribution is 2.50. The molecule has 21 heavy (non-hydrogen) atoms. The SMILES string of the molecule is CCC1=C2CCC[C@H](OC3CCCCO3)[C@@]2(C)CCC1=O.